The highest BCUT2D eigenvalue weighted by molar-refractivity contribution is 5.92. The van der Waals surface area contributed by atoms with Gasteiger partial charge in [0.05, 0.1) is 19.8 Å². The number of aliphatic hydroxyl groups excluding tert-OH is 1. The predicted molar refractivity (Wildman–Crippen MR) is 73.8 cm³/mol. The Morgan fingerprint density at radius 3 is 2.84 bits per heavy atom. The van der Waals surface area contributed by atoms with Gasteiger partial charge in [-0.15, -0.1) is 0 Å². The maximum Gasteiger partial charge on any atom is 0.246 e. The molecule has 0 aromatic heterocycles. The van der Waals surface area contributed by atoms with E-state index in [1.807, 2.05) is 24.3 Å². The molecule has 0 saturated carbocycles. The van der Waals surface area contributed by atoms with Crippen molar-refractivity contribution in [1.82, 2.24) is 4.90 Å². The minimum Gasteiger partial charge on any atom is -0.497 e. The van der Waals surface area contributed by atoms with Gasteiger partial charge in [-0.3, -0.25) is 4.79 Å². The molecule has 2 rings (SSSR count). The smallest absolute Gasteiger partial charge is 0.246 e. The lowest BCUT2D eigenvalue weighted by Gasteiger charge is -2.21. The van der Waals surface area contributed by atoms with Crippen LogP contribution in [0.5, 0.6) is 5.75 Å². The molecular weight excluding hydrogens is 242 g/mol. The Balaban J connectivity index is 1.99. The summed E-state index contributed by atoms with van der Waals surface area (Å²) in [6, 6.07) is 7.49. The number of likely N-dealkylation sites (tertiary alicyclic amines) is 1. The number of rotatable bonds is 4. The summed E-state index contributed by atoms with van der Waals surface area (Å²) in [5, 5.41) is 9.20. The molecule has 1 saturated heterocycles. The van der Waals surface area contributed by atoms with Gasteiger partial charge in [0.25, 0.3) is 0 Å². The molecule has 1 fully saturated rings. The monoisotopic (exact) mass is 261 g/mol. The van der Waals surface area contributed by atoms with E-state index in [0.29, 0.717) is 0 Å². The van der Waals surface area contributed by atoms with Crippen molar-refractivity contribution in [2.45, 2.75) is 18.9 Å². The van der Waals surface area contributed by atoms with Crippen LogP contribution in [0.1, 0.15) is 18.4 Å². The molecule has 4 nitrogen and oxygen atoms in total. The van der Waals surface area contributed by atoms with Crippen LogP contribution in [0.2, 0.25) is 0 Å². The molecule has 1 aromatic carbocycles. The Bertz CT molecular complexity index is 453. The molecule has 0 aliphatic carbocycles. The molecule has 1 unspecified atom stereocenters. The number of carbonyl (C=O) groups excluding carboxylic acids is 1. The molecule has 19 heavy (non-hydrogen) atoms. The van der Waals surface area contributed by atoms with E-state index in [1.165, 1.54) is 0 Å². The first kappa shape index (κ1) is 13.6. The number of amides is 1. The molecule has 1 aliphatic rings. The third-order valence-corrected chi connectivity index (χ3v) is 3.41. The molecular formula is C15H19NO3. The van der Waals surface area contributed by atoms with Gasteiger partial charge >= 0.3 is 0 Å². The number of carbonyl (C=O) groups is 1. The molecule has 1 heterocycles. The molecule has 1 amide bonds. The first-order valence-electron chi connectivity index (χ1n) is 6.48. The number of ether oxygens (including phenoxy) is 1. The van der Waals surface area contributed by atoms with Crippen molar-refractivity contribution < 1.29 is 14.6 Å². The van der Waals surface area contributed by atoms with Gasteiger partial charge in [0.1, 0.15) is 5.75 Å². The minimum atomic E-state index is -0.0348. The zero-order chi connectivity index (χ0) is 13.7. The summed E-state index contributed by atoms with van der Waals surface area (Å²) in [4.78, 5) is 13.8. The number of benzene rings is 1. The third-order valence-electron chi connectivity index (χ3n) is 3.41. The van der Waals surface area contributed by atoms with E-state index in [1.54, 1.807) is 24.2 Å². The van der Waals surface area contributed by atoms with Crippen LogP contribution in [0, 0.1) is 0 Å². The number of hydrogen-bond donors (Lipinski definition) is 1. The Morgan fingerprint density at radius 2 is 2.21 bits per heavy atom. The fraction of sp³-hybridized carbons (Fsp3) is 0.400. The van der Waals surface area contributed by atoms with Crippen molar-refractivity contribution in [2.75, 3.05) is 20.3 Å². The molecule has 1 aromatic rings. The predicted octanol–water partition coefficient (Wildman–Crippen LogP) is 1.69. The zero-order valence-electron chi connectivity index (χ0n) is 11.1. The summed E-state index contributed by atoms with van der Waals surface area (Å²) >= 11 is 0. The standard InChI is InChI=1S/C15H19NO3/c1-19-14-7-4-12(5-8-14)6-9-15(18)16-10-2-3-13(16)11-17/h4-9,13,17H,2-3,10-11H2,1H3. The van der Waals surface area contributed by atoms with Crippen molar-refractivity contribution in [3.05, 3.63) is 35.9 Å². The zero-order valence-corrected chi connectivity index (χ0v) is 11.1. The van der Waals surface area contributed by atoms with E-state index in [9.17, 15) is 9.90 Å². The minimum absolute atomic E-state index is 0.0204. The molecule has 0 radical (unpaired) electrons. The highest BCUT2D eigenvalue weighted by atomic mass is 16.5. The van der Waals surface area contributed by atoms with Crippen LogP contribution in [0.4, 0.5) is 0 Å². The molecule has 1 aliphatic heterocycles. The lowest BCUT2D eigenvalue weighted by molar-refractivity contribution is -0.127. The van der Waals surface area contributed by atoms with E-state index in [0.717, 1.165) is 30.7 Å². The summed E-state index contributed by atoms with van der Waals surface area (Å²) in [5.41, 5.74) is 0.953. The van der Waals surface area contributed by atoms with E-state index < -0.39 is 0 Å². The molecule has 1 N–H and O–H groups in total. The van der Waals surface area contributed by atoms with E-state index in [-0.39, 0.29) is 18.6 Å². The lowest BCUT2D eigenvalue weighted by atomic mass is 10.2. The summed E-state index contributed by atoms with van der Waals surface area (Å²) in [5.74, 6) is 0.760. The number of nitrogens with zero attached hydrogens (tertiary/aromatic N) is 1. The highest BCUT2D eigenvalue weighted by Gasteiger charge is 2.26. The average molecular weight is 261 g/mol. The first-order chi connectivity index (χ1) is 9.24. The van der Waals surface area contributed by atoms with Crippen molar-refractivity contribution >= 4 is 12.0 Å². The van der Waals surface area contributed by atoms with Crippen LogP contribution in [0.3, 0.4) is 0 Å². The number of methoxy groups -OCH3 is 1. The van der Waals surface area contributed by atoms with Crippen LogP contribution in [0.25, 0.3) is 6.08 Å². The van der Waals surface area contributed by atoms with Crippen LogP contribution in [-0.4, -0.2) is 42.2 Å². The average Bonchev–Trinajstić information content (AvgIpc) is 2.93. The van der Waals surface area contributed by atoms with Gasteiger partial charge in [0.15, 0.2) is 0 Å². The summed E-state index contributed by atoms with van der Waals surface area (Å²) in [6.45, 7) is 0.777. The van der Waals surface area contributed by atoms with Gasteiger partial charge in [0.2, 0.25) is 5.91 Å². The summed E-state index contributed by atoms with van der Waals surface area (Å²) in [6.07, 6.45) is 5.20. The Labute approximate surface area is 113 Å². The van der Waals surface area contributed by atoms with Crippen molar-refractivity contribution in [3.63, 3.8) is 0 Å². The summed E-state index contributed by atoms with van der Waals surface area (Å²) in [7, 11) is 1.62. The van der Waals surface area contributed by atoms with Crippen LogP contribution < -0.4 is 4.74 Å². The van der Waals surface area contributed by atoms with Gasteiger partial charge < -0.3 is 14.7 Å². The van der Waals surface area contributed by atoms with Crippen LogP contribution in [0.15, 0.2) is 30.3 Å². The topological polar surface area (TPSA) is 49.8 Å². The van der Waals surface area contributed by atoms with E-state index in [4.69, 9.17) is 4.74 Å². The number of aliphatic hydroxyl groups is 1. The first-order valence-corrected chi connectivity index (χ1v) is 6.48. The largest absolute Gasteiger partial charge is 0.497 e. The Morgan fingerprint density at radius 1 is 1.47 bits per heavy atom. The molecule has 0 spiro atoms. The summed E-state index contributed by atoms with van der Waals surface area (Å²) < 4.78 is 5.08. The van der Waals surface area contributed by atoms with Gasteiger partial charge in [-0.25, -0.2) is 0 Å². The van der Waals surface area contributed by atoms with Gasteiger partial charge in [-0.1, -0.05) is 12.1 Å². The number of hydrogen-bond acceptors (Lipinski definition) is 3. The quantitative estimate of drug-likeness (QED) is 0.839. The third kappa shape index (κ3) is 3.35. The molecule has 0 bridgehead atoms. The normalized spacial score (nSPS) is 19.1. The fourth-order valence-electron chi connectivity index (χ4n) is 2.29. The van der Waals surface area contributed by atoms with Crippen molar-refractivity contribution in [1.29, 1.82) is 0 Å². The van der Waals surface area contributed by atoms with E-state index >= 15 is 0 Å². The molecule has 1 atom stereocenters. The van der Waals surface area contributed by atoms with Gasteiger partial charge in [-0.05, 0) is 36.6 Å². The van der Waals surface area contributed by atoms with Crippen LogP contribution in [-0.2, 0) is 4.79 Å². The maximum absolute atomic E-state index is 12.0. The van der Waals surface area contributed by atoms with Gasteiger partial charge in [0, 0.05) is 12.6 Å². The highest BCUT2D eigenvalue weighted by Crippen LogP contribution is 2.18. The van der Waals surface area contributed by atoms with Crippen LogP contribution >= 0.6 is 0 Å². The van der Waals surface area contributed by atoms with Gasteiger partial charge in [-0.2, -0.15) is 0 Å². The SMILES string of the molecule is COc1ccc(C=CC(=O)N2CCCC2CO)cc1. The Kier molecular flexibility index (Phi) is 4.58. The second kappa shape index (κ2) is 6.38. The van der Waals surface area contributed by atoms with E-state index in [2.05, 4.69) is 0 Å². The lowest BCUT2D eigenvalue weighted by Crippen LogP contribution is -2.36. The molecule has 4 heteroatoms. The molecule has 102 valence electrons. The van der Waals surface area contributed by atoms with Crippen molar-refractivity contribution in [3.8, 4) is 5.75 Å². The second-order valence-corrected chi connectivity index (χ2v) is 4.62. The maximum atomic E-state index is 12.0. The Hall–Kier alpha value is -1.81. The second-order valence-electron chi connectivity index (χ2n) is 4.62. The van der Waals surface area contributed by atoms with Crippen molar-refractivity contribution in [2.24, 2.45) is 0 Å². The fourth-order valence-corrected chi connectivity index (χ4v) is 2.29.